The molecule has 67 heavy (non-hydrogen) atoms. The molecule has 2 heterocycles. The van der Waals surface area contributed by atoms with Crippen LogP contribution in [0.25, 0.3) is 0 Å². The van der Waals surface area contributed by atoms with E-state index in [-0.39, 0.29) is 39.5 Å². The zero-order chi connectivity index (χ0) is 45.9. The van der Waals surface area contributed by atoms with Gasteiger partial charge in [-0.2, -0.15) is 0 Å². The Hall–Kier alpha value is -5.12. The van der Waals surface area contributed by atoms with E-state index in [4.69, 9.17) is 47.4 Å². The molecule has 0 saturated carbocycles. The number of methoxy groups -OCH3 is 1. The van der Waals surface area contributed by atoms with Gasteiger partial charge in [-0.05, 0) is 39.8 Å². The molecule has 2 aliphatic rings. The summed E-state index contributed by atoms with van der Waals surface area (Å²) in [5.74, 6) is 0. The molecule has 8 rings (SSSR count). The summed E-state index contributed by atoms with van der Waals surface area (Å²) in [6.45, 7) is 1.53. The van der Waals surface area contributed by atoms with Crippen molar-refractivity contribution in [3.63, 3.8) is 0 Å². The largest absolute Gasteiger partial charge is 0.396 e. The molecule has 0 aromatic heterocycles. The molecule has 11 heteroatoms. The van der Waals surface area contributed by atoms with E-state index in [0.29, 0.717) is 19.8 Å². The molecule has 0 spiro atoms. The van der Waals surface area contributed by atoms with Crippen LogP contribution in [0, 0.1) is 0 Å². The van der Waals surface area contributed by atoms with Crippen LogP contribution in [0.2, 0.25) is 0 Å². The van der Waals surface area contributed by atoms with E-state index in [1.807, 2.05) is 182 Å². The summed E-state index contributed by atoms with van der Waals surface area (Å²) < 4.78 is 67.6. The summed E-state index contributed by atoms with van der Waals surface area (Å²) in [7, 11) is 1.60. The Labute approximate surface area is 394 Å². The highest BCUT2D eigenvalue weighted by Crippen LogP contribution is 2.35. The van der Waals surface area contributed by atoms with Crippen LogP contribution in [0.4, 0.5) is 0 Å². The number of aliphatic hydroxyl groups is 1. The van der Waals surface area contributed by atoms with Crippen molar-refractivity contribution in [1.29, 1.82) is 0 Å². The van der Waals surface area contributed by atoms with E-state index in [2.05, 4.69) is 0 Å². The number of benzene rings is 6. The standard InChI is InChI=1S/C56H62O11/c1-58-55-53(63-38-45-28-16-6-17-29-45)52(62-37-44-26-14-5-15-27-44)50(60-35-42-22-10-3-11-23-42)48(67-55)40-65-56-54(64-39-46-30-18-7-19-31-46)51(61-36-43-24-12-4-13-25-43)49(47(66-56)32-33-57)59-34-41-20-8-2-9-21-41/h2-31,47-57H,32-40H2,1H3/t47-,48+,49+,50+,51+,52-,53+,54+,55-,56-/m0/s1. The fourth-order valence-corrected chi connectivity index (χ4v) is 8.50. The fraction of sp³-hybridized carbons (Fsp3) is 0.357. The van der Waals surface area contributed by atoms with Gasteiger partial charge < -0.3 is 52.5 Å². The van der Waals surface area contributed by atoms with Crippen molar-refractivity contribution in [2.45, 2.75) is 107 Å². The maximum Gasteiger partial charge on any atom is 0.186 e. The molecule has 10 atom stereocenters. The van der Waals surface area contributed by atoms with Crippen molar-refractivity contribution in [3.8, 4) is 0 Å². The van der Waals surface area contributed by atoms with Crippen LogP contribution >= 0.6 is 0 Å². The molecule has 352 valence electrons. The third-order valence-corrected chi connectivity index (χ3v) is 12.0. The van der Waals surface area contributed by atoms with Crippen LogP contribution in [0.5, 0.6) is 0 Å². The van der Waals surface area contributed by atoms with Crippen LogP contribution in [-0.4, -0.2) is 86.8 Å². The van der Waals surface area contributed by atoms with Gasteiger partial charge in [0.1, 0.15) is 42.7 Å². The van der Waals surface area contributed by atoms with Crippen molar-refractivity contribution in [2.24, 2.45) is 0 Å². The Bertz CT molecular complexity index is 2240. The van der Waals surface area contributed by atoms with Gasteiger partial charge >= 0.3 is 0 Å². The molecule has 1 N–H and O–H groups in total. The van der Waals surface area contributed by atoms with Gasteiger partial charge in [-0.15, -0.1) is 0 Å². The predicted molar refractivity (Wildman–Crippen MR) is 252 cm³/mol. The van der Waals surface area contributed by atoms with Gasteiger partial charge in [0.25, 0.3) is 0 Å². The quantitative estimate of drug-likeness (QED) is 0.0628. The fourth-order valence-electron chi connectivity index (χ4n) is 8.50. The Morgan fingerprint density at radius 3 is 0.955 bits per heavy atom. The Morgan fingerprint density at radius 2 is 0.627 bits per heavy atom. The zero-order valence-corrected chi connectivity index (χ0v) is 38.0. The monoisotopic (exact) mass is 910 g/mol. The Morgan fingerprint density at radius 1 is 0.343 bits per heavy atom. The van der Waals surface area contributed by atoms with E-state index in [1.165, 1.54) is 0 Å². The highest BCUT2D eigenvalue weighted by molar-refractivity contribution is 5.18. The Kier molecular flexibility index (Phi) is 18.7. The summed E-state index contributed by atoms with van der Waals surface area (Å²) in [6.07, 6.45) is -7.14. The summed E-state index contributed by atoms with van der Waals surface area (Å²) in [4.78, 5) is 0. The van der Waals surface area contributed by atoms with E-state index in [0.717, 1.165) is 33.4 Å². The first kappa shape index (κ1) is 48.3. The van der Waals surface area contributed by atoms with Gasteiger partial charge in [-0.1, -0.05) is 182 Å². The van der Waals surface area contributed by atoms with Crippen molar-refractivity contribution in [3.05, 3.63) is 215 Å². The lowest BCUT2D eigenvalue weighted by atomic mass is 9.95. The first-order valence-corrected chi connectivity index (χ1v) is 23.1. The average Bonchev–Trinajstić information content (AvgIpc) is 3.39. The van der Waals surface area contributed by atoms with Crippen molar-refractivity contribution < 1.29 is 52.5 Å². The van der Waals surface area contributed by atoms with E-state index < -0.39 is 61.4 Å². The van der Waals surface area contributed by atoms with Gasteiger partial charge in [0, 0.05) is 13.7 Å². The van der Waals surface area contributed by atoms with Crippen LogP contribution in [0.15, 0.2) is 182 Å². The molecule has 6 aromatic carbocycles. The van der Waals surface area contributed by atoms with Gasteiger partial charge in [-0.3, -0.25) is 0 Å². The molecule has 2 aliphatic heterocycles. The summed E-state index contributed by atoms with van der Waals surface area (Å²) in [6, 6.07) is 59.9. The number of hydrogen-bond donors (Lipinski definition) is 1. The lowest BCUT2D eigenvalue weighted by molar-refractivity contribution is -0.349. The maximum absolute atomic E-state index is 10.5. The molecule has 2 fully saturated rings. The molecule has 0 radical (unpaired) electrons. The van der Waals surface area contributed by atoms with E-state index in [1.54, 1.807) is 7.11 Å². The second-order valence-electron chi connectivity index (χ2n) is 16.7. The van der Waals surface area contributed by atoms with Crippen molar-refractivity contribution in [2.75, 3.05) is 20.3 Å². The molecule has 0 aliphatic carbocycles. The molecule has 6 aromatic rings. The van der Waals surface area contributed by atoms with Crippen LogP contribution in [-0.2, 0) is 87.0 Å². The summed E-state index contributed by atoms with van der Waals surface area (Å²) in [5.41, 5.74) is 5.92. The molecular formula is C56H62O11. The van der Waals surface area contributed by atoms with E-state index >= 15 is 0 Å². The minimum atomic E-state index is -0.993. The predicted octanol–water partition coefficient (Wildman–Crippen LogP) is 8.99. The van der Waals surface area contributed by atoms with Crippen molar-refractivity contribution >= 4 is 0 Å². The van der Waals surface area contributed by atoms with Gasteiger partial charge in [0.15, 0.2) is 12.6 Å². The third-order valence-electron chi connectivity index (χ3n) is 12.0. The molecule has 0 unspecified atom stereocenters. The molecule has 0 bridgehead atoms. The lowest BCUT2D eigenvalue weighted by Gasteiger charge is -2.48. The van der Waals surface area contributed by atoms with Crippen LogP contribution < -0.4 is 0 Å². The average molecular weight is 911 g/mol. The lowest BCUT2D eigenvalue weighted by Crippen LogP contribution is -2.63. The highest BCUT2D eigenvalue weighted by Gasteiger charge is 2.52. The normalized spacial score (nSPS) is 25.2. The second-order valence-corrected chi connectivity index (χ2v) is 16.7. The minimum Gasteiger partial charge on any atom is -0.396 e. The van der Waals surface area contributed by atoms with Crippen LogP contribution in [0.1, 0.15) is 39.8 Å². The topological polar surface area (TPSA) is 113 Å². The number of rotatable bonds is 24. The van der Waals surface area contributed by atoms with Crippen LogP contribution in [0.3, 0.4) is 0 Å². The molecule has 11 nitrogen and oxygen atoms in total. The maximum atomic E-state index is 10.5. The SMILES string of the molecule is CO[C@H]1O[C@H](CO[C@H]2O[C@@H](CCO)[C@@H](OCc3ccccc3)[C@@H](OCc3ccccc3)[C@H]2OCc2ccccc2)[C@@H](OCc2ccccc2)[C@H](OCc2ccccc2)[C@H]1OCc1ccccc1. The van der Waals surface area contributed by atoms with Gasteiger partial charge in [0.2, 0.25) is 0 Å². The van der Waals surface area contributed by atoms with Gasteiger partial charge in [-0.25, -0.2) is 0 Å². The number of aliphatic hydroxyl groups excluding tert-OH is 1. The Balaban J connectivity index is 1.11. The first-order chi connectivity index (χ1) is 33.1. The smallest absolute Gasteiger partial charge is 0.186 e. The molecule has 2 saturated heterocycles. The minimum absolute atomic E-state index is 0.0153. The van der Waals surface area contributed by atoms with Crippen molar-refractivity contribution in [1.82, 2.24) is 0 Å². The summed E-state index contributed by atoms with van der Waals surface area (Å²) in [5, 5.41) is 10.5. The van der Waals surface area contributed by atoms with Gasteiger partial charge in [0.05, 0.1) is 52.4 Å². The summed E-state index contributed by atoms with van der Waals surface area (Å²) >= 11 is 0. The highest BCUT2D eigenvalue weighted by atomic mass is 16.7. The number of ether oxygens (including phenoxy) is 10. The zero-order valence-electron chi connectivity index (χ0n) is 38.0. The third kappa shape index (κ3) is 14.0. The first-order valence-electron chi connectivity index (χ1n) is 23.1. The molecule has 0 amide bonds. The number of hydrogen-bond acceptors (Lipinski definition) is 11. The van der Waals surface area contributed by atoms with E-state index in [9.17, 15) is 5.11 Å². The molecular weight excluding hydrogens is 849 g/mol. The second kappa shape index (κ2) is 25.9.